The molecule has 1 amide bonds. The minimum absolute atomic E-state index is 0.123. The van der Waals surface area contributed by atoms with Crippen LogP contribution < -0.4 is 5.32 Å². The van der Waals surface area contributed by atoms with Crippen LogP contribution in [-0.2, 0) is 11.3 Å². The molecule has 0 saturated carbocycles. The van der Waals surface area contributed by atoms with Crippen molar-refractivity contribution in [2.24, 2.45) is 0 Å². The third kappa shape index (κ3) is 2.28. The number of nitrogens with one attached hydrogen (secondary N) is 1. The second kappa shape index (κ2) is 4.61. The number of aromatic nitrogens is 3. The monoisotopic (exact) mass is 220 g/mol. The molecule has 2 aromatic heterocycles. The Labute approximate surface area is 92.3 Å². The van der Waals surface area contributed by atoms with E-state index in [1.165, 1.54) is 17.3 Å². The number of hydrogen-bond acceptors (Lipinski definition) is 4. The van der Waals surface area contributed by atoms with Crippen molar-refractivity contribution in [3.8, 4) is 0 Å². The molecular formula is C10H12N4O2. The molecule has 0 spiro atoms. The Morgan fingerprint density at radius 3 is 3.19 bits per heavy atom. The number of hydrogen-bond donors (Lipinski definition) is 1. The number of rotatable bonds is 4. The van der Waals surface area contributed by atoms with Gasteiger partial charge in [-0.2, -0.15) is 5.10 Å². The van der Waals surface area contributed by atoms with Gasteiger partial charge in [-0.1, -0.05) is 0 Å². The van der Waals surface area contributed by atoms with Crippen molar-refractivity contribution in [2.45, 2.75) is 19.5 Å². The van der Waals surface area contributed by atoms with E-state index in [4.69, 9.17) is 4.42 Å². The Morgan fingerprint density at radius 1 is 1.69 bits per heavy atom. The second-order valence-electron chi connectivity index (χ2n) is 3.35. The summed E-state index contributed by atoms with van der Waals surface area (Å²) in [7, 11) is 0. The highest BCUT2D eigenvalue weighted by atomic mass is 16.3. The van der Waals surface area contributed by atoms with E-state index in [0.29, 0.717) is 6.54 Å². The summed E-state index contributed by atoms with van der Waals surface area (Å²) in [6, 6.07) is 3.21. The van der Waals surface area contributed by atoms with Crippen molar-refractivity contribution in [1.29, 1.82) is 0 Å². The molecule has 2 heterocycles. The fraction of sp³-hybridized carbons (Fsp3) is 0.300. The highest BCUT2D eigenvalue weighted by Gasteiger charge is 2.14. The first-order valence-corrected chi connectivity index (χ1v) is 4.91. The number of furan rings is 1. The van der Waals surface area contributed by atoms with E-state index in [1.54, 1.807) is 25.3 Å². The molecule has 0 aromatic carbocycles. The van der Waals surface area contributed by atoms with Crippen LogP contribution in [0.25, 0.3) is 0 Å². The zero-order valence-corrected chi connectivity index (χ0v) is 8.83. The summed E-state index contributed by atoms with van der Waals surface area (Å²) in [5.41, 5.74) is 0. The van der Waals surface area contributed by atoms with Crippen molar-refractivity contribution < 1.29 is 9.21 Å². The minimum atomic E-state index is -0.377. The van der Waals surface area contributed by atoms with Gasteiger partial charge in [-0.3, -0.25) is 4.79 Å². The zero-order valence-electron chi connectivity index (χ0n) is 8.83. The van der Waals surface area contributed by atoms with Crippen LogP contribution in [0.1, 0.15) is 18.7 Å². The van der Waals surface area contributed by atoms with Gasteiger partial charge < -0.3 is 9.73 Å². The Kier molecular flexibility index (Phi) is 3.00. The van der Waals surface area contributed by atoms with E-state index in [9.17, 15) is 4.79 Å². The lowest BCUT2D eigenvalue weighted by atomic mass is 10.3. The van der Waals surface area contributed by atoms with E-state index in [1.807, 2.05) is 0 Å². The van der Waals surface area contributed by atoms with E-state index >= 15 is 0 Å². The molecule has 6 heteroatoms. The first-order valence-electron chi connectivity index (χ1n) is 4.91. The molecule has 84 valence electrons. The molecule has 16 heavy (non-hydrogen) atoms. The molecule has 0 aliphatic carbocycles. The van der Waals surface area contributed by atoms with Gasteiger partial charge in [0.25, 0.3) is 0 Å². The van der Waals surface area contributed by atoms with Gasteiger partial charge in [0, 0.05) is 0 Å². The molecule has 0 fully saturated rings. The molecule has 0 aliphatic rings. The molecule has 0 bridgehead atoms. The molecule has 2 rings (SSSR count). The summed E-state index contributed by atoms with van der Waals surface area (Å²) in [4.78, 5) is 15.5. The topological polar surface area (TPSA) is 73.0 Å². The summed E-state index contributed by atoms with van der Waals surface area (Å²) < 4.78 is 6.60. The van der Waals surface area contributed by atoms with Crippen molar-refractivity contribution in [2.75, 3.05) is 0 Å². The lowest BCUT2D eigenvalue weighted by Crippen LogP contribution is -2.30. The fourth-order valence-corrected chi connectivity index (χ4v) is 1.27. The van der Waals surface area contributed by atoms with Crippen LogP contribution in [0.3, 0.4) is 0 Å². The number of carbonyl (C=O) groups excluding carboxylic acids is 1. The average Bonchev–Trinajstić information content (AvgIpc) is 2.96. The standard InChI is InChI=1S/C10H12N4O2/c1-8(14-7-11-6-13-14)10(15)12-5-9-3-2-4-16-9/h2-4,6-8H,5H2,1H3,(H,12,15). The lowest BCUT2D eigenvalue weighted by Gasteiger charge is -2.10. The molecule has 0 radical (unpaired) electrons. The Morgan fingerprint density at radius 2 is 2.56 bits per heavy atom. The summed E-state index contributed by atoms with van der Waals surface area (Å²) in [5, 5.41) is 6.66. The van der Waals surface area contributed by atoms with Crippen molar-refractivity contribution in [1.82, 2.24) is 20.1 Å². The van der Waals surface area contributed by atoms with Crippen LogP contribution in [0.2, 0.25) is 0 Å². The van der Waals surface area contributed by atoms with Crippen LogP contribution in [0.15, 0.2) is 35.5 Å². The number of amides is 1. The summed E-state index contributed by atoms with van der Waals surface area (Å²) in [6.07, 6.45) is 4.48. The van der Waals surface area contributed by atoms with Gasteiger partial charge in [-0.25, -0.2) is 9.67 Å². The summed E-state index contributed by atoms with van der Waals surface area (Å²) >= 11 is 0. The largest absolute Gasteiger partial charge is 0.467 e. The van der Waals surface area contributed by atoms with E-state index in [-0.39, 0.29) is 11.9 Å². The SMILES string of the molecule is CC(C(=O)NCc1ccco1)n1cncn1. The highest BCUT2D eigenvalue weighted by Crippen LogP contribution is 2.03. The summed E-state index contributed by atoms with van der Waals surface area (Å²) in [5.74, 6) is 0.598. The van der Waals surface area contributed by atoms with Crippen molar-refractivity contribution >= 4 is 5.91 Å². The van der Waals surface area contributed by atoms with Gasteiger partial charge >= 0.3 is 0 Å². The maximum atomic E-state index is 11.7. The molecule has 6 nitrogen and oxygen atoms in total. The smallest absolute Gasteiger partial charge is 0.245 e. The minimum Gasteiger partial charge on any atom is -0.467 e. The van der Waals surface area contributed by atoms with Gasteiger partial charge in [-0.15, -0.1) is 0 Å². The van der Waals surface area contributed by atoms with Gasteiger partial charge in [0.05, 0.1) is 12.8 Å². The van der Waals surface area contributed by atoms with E-state index in [2.05, 4.69) is 15.4 Å². The predicted molar refractivity (Wildman–Crippen MR) is 55.3 cm³/mol. The van der Waals surface area contributed by atoms with Crippen LogP contribution in [-0.4, -0.2) is 20.7 Å². The Balaban J connectivity index is 1.89. The number of nitrogens with zero attached hydrogens (tertiary/aromatic N) is 3. The maximum absolute atomic E-state index is 11.7. The van der Waals surface area contributed by atoms with Crippen LogP contribution >= 0.6 is 0 Å². The molecule has 0 saturated heterocycles. The third-order valence-corrected chi connectivity index (χ3v) is 2.23. The van der Waals surface area contributed by atoms with Gasteiger partial charge in [0.15, 0.2) is 0 Å². The maximum Gasteiger partial charge on any atom is 0.245 e. The van der Waals surface area contributed by atoms with Crippen LogP contribution in [0.5, 0.6) is 0 Å². The lowest BCUT2D eigenvalue weighted by molar-refractivity contribution is -0.124. The fourth-order valence-electron chi connectivity index (χ4n) is 1.27. The highest BCUT2D eigenvalue weighted by molar-refractivity contribution is 5.79. The van der Waals surface area contributed by atoms with Gasteiger partial charge in [-0.05, 0) is 19.1 Å². The van der Waals surface area contributed by atoms with Crippen molar-refractivity contribution in [3.63, 3.8) is 0 Å². The van der Waals surface area contributed by atoms with E-state index in [0.717, 1.165) is 5.76 Å². The molecule has 1 atom stereocenters. The normalized spacial score (nSPS) is 12.3. The van der Waals surface area contributed by atoms with Crippen LogP contribution in [0, 0.1) is 0 Å². The first kappa shape index (κ1) is 10.4. The molecule has 1 unspecified atom stereocenters. The van der Waals surface area contributed by atoms with Gasteiger partial charge in [0.2, 0.25) is 5.91 Å². The first-order chi connectivity index (χ1) is 7.77. The van der Waals surface area contributed by atoms with Crippen LogP contribution in [0.4, 0.5) is 0 Å². The van der Waals surface area contributed by atoms with Crippen molar-refractivity contribution in [3.05, 3.63) is 36.8 Å². The Bertz CT molecular complexity index is 435. The van der Waals surface area contributed by atoms with Gasteiger partial charge in [0.1, 0.15) is 24.5 Å². The molecule has 1 N–H and O–H groups in total. The molecular weight excluding hydrogens is 208 g/mol. The second-order valence-corrected chi connectivity index (χ2v) is 3.35. The number of carbonyl (C=O) groups is 1. The van der Waals surface area contributed by atoms with E-state index < -0.39 is 0 Å². The third-order valence-electron chi connectivity index (χ3n) is 2.23. The Hall–Kier alpha value is -2.11. The predicted octanol–water partition coefficient (Wildman–Crippen LogP) is 0.748. The average molecular weight is 220 g/mol. The molecule has 0 aliphatic heterocycles. The quantitative estimate of drug-likeness (QED) is 0.825. The zero-order chi connectivity index (χ0) is 11.4. The molecule has 2 aromatic rings. The summed E-state index contributed by atoms with van der Waals surface area (Å²) in [6.45, 7) is 2.14.